The minimum atomic E-state index is -0.479. The van der Waals surface area contributed by atoms with Crippen molar-refractivity contribution >= 4 is 40.6 Å². The van der Waals surface area contributed by atoms with E-state index in [2.05, 4.69) is 20.3 Å². The molecular weight excluding hydrogens is 394 g/mol. The zero-order valence-corrected chi connectivity index (χ0v) is 17.5. The number of nitrogens with two attached hydrogens (primary N) is 2. The molecule has 0 saturated heterocycles. The lowest BCUT2D eigenvalue weighted by molar-refractivity contribution is 0.100. The predicted octanol–water partition coefficient (Wildman–Crippen LogP) is 2.32. The van der Waals surface area contributed by atoms with Crippen LogP contribution in [0.1, 0.15) is 36.7 Å². The first-order valence-electron chi connectivity index (χ1n) is 10.0. The summed E-state index contributed by atoms with van der Waals surface area (Å²) in [5, 5.41) is 11.5. The van der Waals surface area contributed by atoms with Crippen molar-refractivity contribution in [1.82, 2.24) is 19.5 Å². The van der Waals surface area contributed by atoms with Crippen LogP contribution in [-0.2, 0) is 0 Å². The third-order valence-corrected chi connectivity index (χ3v) is 5.32. The minimum Gasteiger partial charge on any atom is -0.402 e. The average molecular weight is 419 g/mol. The van der Waals surface area contributed by atoms with Gasteiger partial charge in [-0.2, -0.15) is 4.98 Å². The molecular formula is C21H25N9O. The molecule has 0 atom stereocenters. The van der Waals surface area contributed by atoms with Gasteiger partial charge < -0.3 is 31.7 Å². The van der Waals surface area contributed by atoms with Crippen LogP contribution in [-0.4, -0.2) is 44.7 Å². The van der Waals surface area contributed by atoms with E-state index in [1.807, 2.05) is 29.4 Å². The fourth-order valence-corrected chi connectivity index (χ4v) is 3.65. The van der Waals surface area contributed by atoms with Crippen LogP contribution in [0.3, 0.4) is 0 Å². The van der Waals surface area contributed by atoms with E-state index in [0.29, 0.717) is 48.0 Å². The summed E-state index contributed by atoms with van der Waals surface area (Å²) in [6.07, 6.45) is 7.04. The Morgan fingerprint density at radius 1 is 1.32 bits per heavy atom. The van der Waals surface area contributed by atoms with Gasteiger partial charge in [0, 0.05) is 73.1 Å². The van der Waals surface area contributed by atoms with Crippen LogP contribution in [0.5, 0.6) is 0 Å². The molecule has 160 valence electrons. The lowest BCUT2D eigenvalue weighted by Crippen LogP contribution is -2.35. The third kappa shape index (κ3) is 3.91. The number of primary amides is 1. The fraction of sp³-hybridized carbons (Fsp3) is 0.286. The molecule has 1 aliphatic heterocycles. The van der Waals surface area contributed by atoms with Crippen LogP contribution in [0.4, 0.5) is 17.6 Å². The molecule has 6 N–H and O–H groups in total. The van der Waals surface area contributed by atoms with Crippen molar-refractivity contribution in [3.63, 3.8) is 0 Å². The standard InChI is InChI=1S/C21H25N9O/c1-12(2)30-11-15(20(24)31)14-9-26-19(7-17(14)30)27-18-3-5-25-21(28-18)29-6-4-16(23)13(8-22)10-29/h3,5,7-9,11-12,22H,4,6,10,23H2,1-2H3,(H2,24,31)(H,25,26,27,28). The van der Waals surface area contributed by atoms with Gasteiger partial charge in [-0.15, -0.1) is 0 Å². The van der Waals surface area contributed by atoms with Crippen LogP contribution in [0.2, 0.25) is 0 Å². The summed E-state index contributed by atoms with van der Waals surface area (Å²) in [5.74, 6) is 1.26. The van der Waals surface area contributed by atoms with Gasteiger partial charge in [0.2, 0.25) is 5.95 Å². The van der Waals surface area contributed by atoms with Gasteiger partial charge in [0.05, 0.1) is 11.1 Å². The Morgan fingerprint density at radius 2 is 2.13 bits per heavy atom. The quantitative estimate of drug-likeness (QED) is 0.447. The first-order chi connectivity index (χ1) is 14.9. The summed E-state index contributed by atoms with van der Waals surface area (Å²) in [6.45, 7) is 5.27. The van der Waals surface area contributed by atoms with Crippen LogP contribution >= 0.6 is 0 Å². The molecule has 0 saturated carbocycles. The van der Waals surface area contributed by atoms with Gasteiger partial charge in [-0.3, -0.25) is 4.79 Å². The first kappa shape index (κ1) is 20.3. The molecule has 3 aromatic heterocycles. The maximum atomic E-state index is 11.8. The number of hydrogen-bond acceptors (Lipinski definition) is 8. The van der Waals surface area contributed by atoms with Gasteiger partial charge in [0.15, 0.2) is 0 Å². The number of carbonyl (C=O) groups is 1. The van der Waals surface area contributed by atoms with Gasteiger partial charge in [-0.05, 0) is 19.9 Å². The van der Waals surface area contributed by atoms with E-state index in [0.717, 1.165) is 16.8 Å². The Balaban J connectivity index is 1.63. The van der Waals surface area contributed by atoms with Crippen molar-refractivity contribution < 1.29 is 4.79 Å². The van der Waals surface area contributed by atoms with Gasteiger partial charge in [0.25, 0.3) is 5.91 Å². The summed E-state index contributed by atoms with van der Waals surface area (Å²) in [5.41, 5.74) is 14.3. The molecule has 0 spiro atoms. The zero-order chi connectivity index (χ0) is 22.1. The Labute approximate surface area is 179 Å². The Bertz CT molecular complexity index is 1190. The normalized spacial score (nSPS) is 14.4. The number of anilines is 3. The number of hydrogen-bond donors (Lipinski definition) is 4. The van der Waals surface area contributed by atoms with Gasteiger partial charge in [-0.25, -0.2) is 9.97 Å². The molecule has 0 radical (unpaired) electrons. The van der Waals surface area contributed by atoms with Crippen molar-refractivity contribution in [2.24, 2.45) is 11.5 Å². The second-order valence-corrected chi connectivity index (χ2v) is 7.73. The summed E-state index contributed by atoms with van der Waals surface area (Å²) in [7, 11) is 0. The minimum absolute atomic E-state index is 0.152. The van der Waals surface area contributed by atoms with Crippen LogP contribution in [0.15, 0.2) is 42.0 Å². The highest BCUT2D eigenvalue weighted by Crippen LogP contribution is 2.27. The van der Waals surface area contributed by atoms with Crippen LogP contribution in [0.25, 0.3) is 10.9 Å². The van der Waals surface area contributed by atoms with E-state index in [4.69, 9.17) is 16.9 Å². The van der Waals surface area contributed by atoms with E-state index in [-0.39, 0.29) is 6.04 Å². The molecule has 10 nitrogen and oxygen atoms in total. The third-order valence-electron chi connectivity index (χ3n) is 5.32. The fourth-order valence-electron chi connectivity index (χ4n) is 3.65. The van der Waals surface area contributed by atoms with Crippen LogP contribution in [0, 0.1) is 5.41 Å². The number of carbonyl (C=O) groups excluding carboxylic acids is 1. The van der Waals surface area contributed by atoms with Crippen molar-refractivity contribution in [3.8, 4) is 0 Å². The summed E-state index contributed by atoms with van der Waals surface area (Å²) in [6, 6.07) is 3.79. The van der Waals surface area contributed by atoms with E-state index >= 15 is 0 Å². The SMILES string of the molecule is CC(C)n1cc(C(N)=O)c2cnc(Nc3ccnc(N4CCC(N)=C(C=N)C4)n3)cc21. The molecule has 4 heterocycles. The van der Waals surface area contributed by atoms with E-state index in [1.165, 1.54) is 6.21 Å². The highest BCUT2D eigenvalue weighted by Gasteiger charge is 2.19. The largest absolute Gasteiger partial charge is 0.402 e. The molecule has 1 aliphatic rings. The van der Waals surface area contributed by atoms with E-state index in [9.17, 15) is 4.79 Å². The van der Waals surface area contributed by atoms with Gasteiger partial charge in [0.1, 0.15) is 11.6 Å². The molecule has 10 heteroatoms. The number of nitrogens with zero attached hydrogens (tertiary/aromatic N) is 5. The lowest BCUT2D eigenvalue weighted by atomic mass is 10.1. The van der Waals surface area contributed by atoms with Gasteiger partial charge >= 0.3 is 0 Å². The van der Waals surface area contributed by atoms with Crippen molar-refractivity contribution in [1.29, 1.82) is 5.41 Å². The Morgan fingerprint density at radius 3 is 2.84 bits per heavy atom. The molecule has 1 amide bonds. The topological polar surface area (TPSA) is 152 Å². The number of amides is 1. The molecule has 0 bridgehead atoms. The van der Waals surface area contributed by atoms with Gasteiger partial charge in [-0.1, -0.05) is 0 Å². The van der Waals surface area contributed by atoms with Crippen molar-refractivity contribution in [2.45, 2.75) is 26.3 Å². The second-order valence-electron chi connectivity index (χ2n) is 7.73. The molecule has 0 aromatic carbocycles. The Hall–Kier alpha value is -3.95. The molecule has 3 aromatic rings. The molecule has 0 unspecified atom stereocenters. The number of aromatic nitrogens is 4. The van der Waals surface area contributed by atoms with Crippen LogP contribution < -0.4 is 21.7 Å². The molecule has 0 aliphatic carbocycles. The number of nitrogens with one attached hydrogen (secondary N) is 2. The number of fused-ring (bicyclic) bond motifs is 1. The highest BCUT2D eigenvalue weighted by molar-refractivity contribution is 6.06. The predicted molar refractivity (Wildman–Crippen MR) is 121 cm³/mol. The highest BCUT2D eigenvalue weighted by atomic mass is 16.1. The maximum Gasteiger partial charge on any atom is 0.250 e. The second kappa shape index (κ2) is 8.05. The maximum absolute atomic E-state index is 11.8. The molecule has 0 fully saturated rings. The zero-order valence-electron chi connectivity index (χ0n) is 17.5. The average Bonchev–Trinajstić information content (AvgIpc) is 3.14. The van der Waals surface area contributed by atoms with E-state index < -0.39 is 5.91 Å². The number of pyridine rings is 1. The Kier molecular flexibility index (Phi) is 5.28. The molecule has 31 heavy (non-hydrogen) atoms. The van der Waals surface area contributed by atoms with Crippen molar-refractivity contribution in [3.05, 3.63) is 47.6 Å². The summed E-state index contributed by atoms with van der Waals surface area (Å²) < 4.78 is 2.00. The van der Waals surface area contributed by atoms with Crippen molar-refractivity contribution in [2.75, 3.05) is 23.3 Å². The lowest BCUT2D eigenvalue weighted by Gasteiger charge is -2.28. The monoisotopic (exact) mass is 419 g/mol. The molecule has 4 rings (SSSR count). The number of rotatable bonds is 6. The summed E-state index contributed by atoms with van der Waals surface area (Å²) in [4.78, 5) is 27.2. The summed E-state index contributed by atoms with van der Waals surface area (Å²) >= 11 is 0. The smallest absolute Gasteiger partial charge is 0.250 e. The van der Waals surface area contributed by atoms with E-state index in [1.54, 1.807) is 24.7 Å². The first-order valence-corrected chi connectivity index (χ1v) is 10.0.